The van der Waals surface area contributed by atoms with Crippen molar-refractivity contribution in [3.05, 3.63) is 30.3 Å². The maximum absolute atomic E-state index is 12.0. The average Bonchev–Trinajstić information content (AvgIpc) is 2.38. The molecule has 0 saturated heterocycles. The highest BCUT2D eigenvalue weighted by molar-refractivity contribution is 5.81. The third-order valence-electron chi connectivity index (χ3n) is 2.86. The first-order chi connectivity index (χ1) is 9.00. The van der Waals surface area contributed by atoms with Crippen LogP contribution in [0.3, 0.4) is 0 Å². The van der Waals surface area contributed by atoms with Crippen molar-refractivity contribution in [3.8, 4) is 5.75 Å². The number of hydrogen-bond donors (Lipinski definition) is 1. The van der Waals surface area contributed by atoms with Crippen LogP contribution in [0.5, 0.6) is 5.75 Å². The van der Waals surface area contributed by atoms with Gasteiger partial charge in [-0.2, -0.15) is 0 Å². The van der Waals surface area contributed by atoms with E-state index in [-0.39, 0.29) is 5.91 Å². The Morgan fingerprint density at radius 3 is 2.53 bits per heavy atom. The van der Waals surface area contributed by atoms with Gasteiger partial charge >= 0.3 is 0 Å². The van der Waals surface area contributed by atoms with E-state index in [2.05, 4.69) is 13.8 Å². The van der Waals surface area contributed by atoms with E-state index in [0.717, 1.165) is 5.75 Å². The zero-order chi connectivity index (χ0) is 14.3. The summed E-state index contributed by atoms with van der Waals surface area (Å²) in [6.45, 7) is 5.14. The molecule has 0 aliphatic carbocycles. The van der Waals surface area contributed by atoms with Crippen molar-refractivity contribution in [1.82, 2.24) is 4.90 Å². The van der Waals surface area contributed by atoms with Crippen molar-refractivity contribution in [1.29, 1.82) is 0 Å². The van der Waals surface area contributed by atoms with E-state index >= 15 is 0 Å². The van der Waals surface area contributed by atoms with Gasteiger partial charge in [-0.05, 0) is 24.5 Å². The van der Waals surface area contributed by atoms with Crippen molar-refractivity contribution in [2.75, 3.05) is 20.2 Å². The molecule has 0 spiro atoms. The standard InChI is InChI=1S/C15H24N2O2/c1-12(2)11-14(16)15(18)17(3)9-10-19-13-7-5-4-6-8-13/h4-8,12,14H,9-11,16H2,1-3H3/t14-/m1/s1. The molecular formula is C15H24N2O2. The minimum Gasteiger partial charge on any atom is -0.492 e. The van der Waals surface area contributed by atoms with E-state index in [1.165, 1.54) is 0 Å². The minimum absolute atomic E-state index is 0.0228. The number of carbonyl (C=O) groups excluding carboxylic acids is 1. The summed E-state index contributed by atoms with van der Waals surface area (Å²) in [7, 11) is 1.76. The Morgan fingerprint density at radius 1 is 1.32 bits per heavy atom. The summed E-state index contributed by atoms with van der Waals surface area (Å²) < 4.78 is 5.55. The third-order valence-corrected chi connectivity index (χ3v) is 2.86. The van der Waals surface area contributed by atoms with E-state index in [1.54, 1.807) is 11.9 Å². The van der Waals surface area contributed by atoms with Gasteiger partial charge < -0.3 is 15.4 Å². The predicted octanol–water partition coefficient (Wildman–Crippen LogP) is 1.90. The molecule has 0 heterocycles. The average molecular weight is 264 g/mol. The molecule has 4 nitrogen and oxygen atoms in total. The van der Waals surface area contributed by atoms with Crippen LogP contribution in [-0.2, 0) is 4.79 Å². The molecule has 106 valence electrons. The summed E-state index contributed by atoms with van der Waals surface area (Å²) in [5, 5.41) is 0. The van der Waals surface area contributed by atoms with Gasteiger partial charge in [0.2, 0.25) is 5.91 Å². The largest absolute Gasteiger partial charge is 0.492 e. The van der Waals surface area contributed by atoms with Crippen molar-refractivity contribution in [3.63, 3.8) is 0 Å². The number of amides is 1. The molecule has 2 N–H and O–H groups in total. The van der Waals surface area contributed by atoms with Crippen LogP contribution in [0, 0.1) is 5.92 Å². The van der Waals surface area contributed by atoms with Gasteiger partial charge in [-0.3, -0.25) is 4.79 Å². The molecule has 0 aliphatic heterocycles. The fourth-order valence-corrected chi connectivity index (χ4v) is 1.82. The number of ether oxygens (including phenoxy) is 1. The van der Waals surface area contributed by atoms with Gasteiger partial charge in [0, 0.05) is 7.05 Å². The highest BCUT2D eigenvalue weighted by Crippen LogP contribution is 2.08. The quantitative estimate of drug-likeness (QED) is 0.818. The van der Waals surface area contributed by atoms with Crippen molar-refractivity contribution in [2.45, 2.75) is 26.3 Å². The number of carbonyl (C=O) groups is 1. The number of benzene rings is 1. The first-order valence-corrected chi connectivity index (χ1v) is 6.69. The monoisotopic (exact) mass is 264 g/mol. The molecule has 1 aromatic carbocycles. The molecule has 0 bridgehead atoms. The molecule has 1 aromatic rings. The van der Waals surface area contributed by atoms with E-state index in [4.69, 9.17) is 10.5 Å². The highest BCUT2D eigenvalue weighted by atomic mass is 16.5. The first kappa shape index (κ1) is 15.5. The Kier molecular flexibility index (Phi) is 6.36. The van der Waals surface area contributed by atoms with Crippen LogP contribution in [0.4, 0.5) is 0 Å². The van der Waals surface area contributed by atoms with Gasteiger partial charge in [-0.15, -0.1) is 0 Å². The van der Waals surface area contributed by atoms with Crippen LogP contribution < -0.4 is 10.5 Å². The summed E-state index contributed by atoms with van der Waals surface area (Å²) in [6.07, 6.45) is 0.711. The summed E-state index contributed by atoms with van der Waals surface area (Å²) in [5.74, 6) is 1.22. The maximum atomic E-state index is 12.0. The van der Waals surface area contributed by atoms with Crippen molar-refractivity contribution >= 4 is 5.91 Å². The Hall–Kier alpha value is -1.55. The molecule has 0 aliphatic rings. The second-order valence-electron chi connectivity index (χ2n) is 5.16. The second kappa shape index (κ2) is 7.79. The Bertz CT molecular complexity index is 379. The predicted molar refractivity (Wildman–Crippen MR) is 77.0 cm³/mol. The summed E-state index contributed by atoms with van der Waals surface area (Å²) in [5.41, 5.74) is 5.87. The Balaban J connectivity index is 2.30. The fourth-order valence-electron chi connectivity index (χ4n) is 1.82. The number of likely N-dealkylation sites (N-methyl/N-ethyl adjacent to an activating group) is 1. The van der Waals surface area contributed by atoms with Crippen LogP contribution in [0.1, 0.15) is 20.3 Å². The smallest absolute Gasteiger partial charge is 0.239 e. The van der Waals surface area contributed by atoms with E-state index in [1.807, 2.05) is 30.3 Å². The van der Waals surface area contributed by atoms with Crippen LogP contribution in [0.25, 0.3) is 0 Å². The SMILES string of the molecule is CC(C)C[C@@H](N)C(=O)N(C)CCOc1ccccc1. The lowest BCUT2D eigenvalue weighted by Gasteiger charge is -2.22. The molecule has 1 amide bonds. The van der Waals surface area contributed by atoms with Crippen LogP contribution in [0.15, 0.2) is 30.3 Å². The lowest BCUT2D eigenvalue weighted by atomic mass is 10.0. The van der Waals surface area contributed by atoms with Gasteiger partial charge in [0.1, 0.15) is 12.4 Å². The highest BCUT2D eigenvalue weighted by Gasteiger charge is 2.18. The number of nitrogens with two attached hydrogens (primary N) is 1. The van der Waals surface area contributed by atoms with E-state index in [0.29, 0.717) is 25.5 Å². The molecule has 19 heavy (non-hydrogen) atoms. The molecule has 0 unspecified atom stereocenters. The topological polar surface area (TPSA) is 55.6 Å². The first-order valence-electron chi connectivity index (χ1n) is 6.69. The Labute approximate surface area is 115 Å². The second-order valence-corrected chi connectivity index (χ2v) is 5.16. The normalized spacial score (nSPS) is 12.3. The zero-order valence-electron chi connectivity index (χ0n) is 12.0. The van der Waals surface area contributed by atoms with Crippen LogP contribution in [-0.4, -0.2) is 37.0 Å². The fraction of sp³-hybridized carbons (Fsp3) is 0.533. The zero-order valence-corrected chi connectivity index (χ0v) is 12.0. The number of nitrogens with zero attached hydrogens (tertiary/aromatic N) is 1. The maximum Gasteiger partial charge on any atom is 0.239 e. The molecule has 1 atom stereocenters. The molecular weight excluding hydrogens is 240 g/mol. The van der Waals surface area contributed by atoms with Crippen LogP contribution in [0.2, 0.25) is 0 Å². The van der Waals surface area contributed by atoms with Gasteiger partial charge in [-0.1, -0.05) is 32.0 Å². The molecule has 4 heteroatoms. The van der Waals surface area contributed by atoms with Gasteiger partial charge in [0.25, 0.3) is 0 Å². The van der Waals surface area contributed by atoms with Crippen LogP contribution >= 0.6 is 0 Å². The summed E-state index contributed by atoms with van der Waals surface area (Å²) >= 11 is 0. The summed E-state index contributed by atoms with van der Waals surface area (Å²) in [6, 6.07) is 9.15. The van der Waals surface area contributed by atoms with Gasteiger partial charge in [0.05, 0.1) is 12.6 Å². The van der Waals surface area contributed by atoms with Crippen molar-refractivity contribution < 1.29 is 9.53 Å². The lowest BCUT2D eigenvalue weighted by Crippen LogP contribution is -2.43. The van der Waals surface area contributed by atoms with E-state index < -0.39 is 6.04 Å². The molecule has 0 radical (unpaired) electrons. The molecule has 0 aromatic heterocycles. The summed E-state index contributed by atoms with van der Waals surface area (Å²) in [4.78, 5) is 13.6. The van der Waals surface area contributed by atoms with Gasteiger partial charge in [-0.25, -0.2) is 0 Å². The van der Waals surface area contributed by atoms with E-state index in [9.17, 15) is 4.79 Å². The molecule has 0 fully saturated rings. The van der Waals surface area contributed by atoms with Gasteiger partial charge in [0.15, 0.2) is 0 Å². The minimum atomic E-state index is -0.415. The van der Waals surface area contributed by atoms with Crippen molar-refractivity contribution in [2.24, 2.45) is 11.7 Å². The third kappa shape index (κ3) is 5.75. The molecule has 0 saturated carbocycles. The number of rotatable bonds is 7. The number of hydrogen-bond acceptors (Lipinski definition) is 3. The molecule has 1 rings (SSSR count). The lowest BCUT2D eigenvalue weighted by molar-refractivity contribution is -0.131. The number of para-hydroxylation sites is 1. The Morgan fingerprint density at radius 2 is 1.95 bits per heavy atom.